The van der Waals surface area contributed by atoms with Gasteiger partial charge in [-0.25, -0.2) is 14.4 Å². The van der Waals surface area contributed by atoms with Crippen LogP contribution in [0.15, 0.2) is 36.7 Å². The lowest BCUT2D eigenvalue weighted by atomic mass is 9.94. The Morgan fingerprint density at radius 2 is 1.93 bits per heavy atom. The standard InChI is InChI=1S/C21H28FN5/c22-19-4-1-3-17(13-19)15-26-9-2-10-27(12-11-26)21-14-20(24-16-25-21)18-5-7-23-8-6-18/h1,3-4,13-14,16,18,23H,2,5-12,15H2. The average molecular weight is 369 g/mol. The molecule has 1 aromatic heterocycles. The predicted molar refractivity (Wildman–Crippen MR) is 105 cm³/mol. The van der Waals surface area contributed by atoms with Crippen molar-refractivity contribution >= 4 is 5.82 Å². The van der Waals surface area contributed by atoms with Crippen molar-refractivity contribution in [3.8, 4) is 0 Å². The zero-order valence-electron chi connectivity index (χ0n) is 15.8. The fourth-order valence-electron chi connectivity index (χ4n) is 4.13. The third-order valence-corrected chi connectivity index (χ3v) is 5.64. The van der Waals surface area contributed by atoms with Gasteiger partial charge in [-0.2, -0.15) is 0 Å². The van der Waals surface area contributed by atoms with Gasteiger partial charge < -0.3 is 10.2 Å². The smallest absolute Gasteiger partial charge is 0.132 e. The van der Waals surface area contributed by atoms with Crippen molar-refractivity contribution in [3.63, 3.8) is 0 Å². The molecule has 0 radical (unpaired) electrons. The summed E-state index contributed by atoms with van der Waals surface area (Å²) in [5, 5.41) is 3.42. The second-order valence-electron chi connectivity index (χ2n) is 7.57. The maximum Gasteiger partial charge on any atom is 0.132 e. The molecule has 144 valence electrons. The molecule has 5 nitrogen and oxygen atoms in total. The van der Waals surface area contributed by atoms with Gasteiger partial charge in [-0.15, -0.1) is 0 Å². The van der Waals surface area contributed by atoms with Crippen LogP contribution in [0.1, 0.15) is 36.4 Å². The number of benzene rings is 1. The quantitative estimate of drug-likeness (QED) is 0.898. The minimum Gasteiger partial charge on any atom is -0.355 e. The van der Waals surface area contributed by atoms with Gasteiger partial charge in [0.1, 0.15) is 18.0 Å². The van der Waals surface area contributed by atoms with Crippen molar-refractivity contribution in [1.82, 2.24) is 20.2 Å². The number of nitrogens with zero attached hydrogens (tertiary/aromatic N) is 4. The molecule has 2 saturated heterocycles. The van der Waals surface area contributed by atoms with Crippen LogP contribution in [-0.2, 0) is 6.54 Å². The molecule has 2 aliphatic heterocycles. The lowest BCUT2D eigenvalue weighted by molar-refractivity contribution is 0.285. The molecule has 2 aliphatic rings. The molecule has 27 heavy (non-hydrogen) atoms. The predicted octanol–water partition coefficient (Wildman–Crippen LogP) is 2.80. The van der Waals surface area contributed by atoms with Gasteiger partial charge in [0.25, 0.3) is 0 Å². The van der Waals surface area contributed by atoms with Gasteiger partial charge in [0.15, 0.2) is 0 Å². The van der Waals surface area contributed by atoms with E-state index in [-0.39, 0.29) is 5.82 Å². The highest BCUT2D eigenvalue weighted by Gasteiger charge is 2.20. The lowest BCUT2D eigenvalue weighted by Gasteiger charge is -2.25. The summed E-state index contributed by atoms with van der Waals surface area (Å²) < 4.78 is 13.4. The summed E-state index contributed by atoms with van der Waals surface area (Å²) in [5.74, 6) is 1.44. The second-order valence-corrected chi connectivity index (χ2v) is 7.57. The lowest BCUT2D eigenvalue weighted by Crippen LogP contribution is -2.31. The molecule has 0 atom stereocenters. The van der Waals surface area contributed by atoms with Gasteiger partial charge in [-0.3, -0.25) is 4.90 Å². The largest absolute Gasteiger partial charge is 0.355 e. The van der Waals surface area contributed by atoms with Crippen molar-refractivity contribution < 1.29 is 4.39 Å². The van der Waals surface area contributed by atoms with E-state index in [0.717, 1.165) is 76.5 Å². The van der Waals surface area contributed by atoms with E-state index >= 15 is 0 Å². The molecule has 2 fully saturated rings. The van der Waals surface area contributed by atoms with Crippen molar-refractivity contribution in [2.75, 3.05) is 44.2 Å². The fourth-order valence-corrected chi connectivity index (χ4v) is 4.13. The minimum absolute atomic E-state index is 0.157. The van der Waals surface area contributed by atoms with Crippen LogP contribution in [0.25, 0.3) is 0 Å². The van der Waals surface area contributed by atoms with Crippen LogP contribution in [-0.4, -0.2) is 54.1 Å². The van der Waals surface area contributed by atoms with Gasteiger partial charge >= 0.3 is 0 Å². The minimum atomic E-state index is -0.157. The van der Waals surface area contributed by atoms with Crippen LogP contribution in [0, 0.1) is 5.82 Å². The summed E-state index contributed by atoms with van der Waals surface area (Å²) >= 11 is 0. The summed E-state index contributed by atoms with van der Waals surface area (Å²) in [6, 6.07) is 9.12. The zero-order valence-corrected chi connectivity index (χ0v) is 15.8. The van der Waals surface area contributed by atoms with Crippen LogP contribution in [0.2, 0.25) is 0 Å². The van der Waals surface area contributed by atoms with E-state index in [9.17, 15) is 4.39 Å². The maximum atomic E-state index is 13.4. The summed E-state index contributed by atoms with van der Waals surface area (Å²) in [4.78, 5) is 13.9. The highest BCUT2D eigenvalue weighted by atomic mass is 19.1. The molecule has 0 saturated carbocycles. The molecule has 0 spiro atoms. The van der Waals surface area contributed by atoms with Crippen LogP contribution in [0.3, 0.4) is 0 Å². The third-order valence-electron chi connectivity index (χ3n) is 5.64. The van der Waals surface area contributed by atoms with E-state index in [1.54, 1.807) is 18.5 Å². The van der Waals surface area contributed by atoms with Gasteiger partial charge in [-0.05, 0) is 50.0 Å². The molecule has 0 unspecified atom stereocenters. The highest BCUT2D eigenvalue weighted by molar-refractivity contribution is 5.40. The molecule has 1 N–H and O–H groups in total. The van der Waals surface area contributed by atoms with Gasteiger partial charge in [0.2, 0.25) is 0 Å². The maximum absolute atomic E-state index is 13.4. The molecule has 1 aromatic carbocycles. The first kappa shape index (κ1) is 18.3. The first-order valence-electron chi connectivity index (χ1n) is 10.0. The molecule has 2 aromatic rings. The SMILES string of the molecule is Fc1cccc(CN2CCCN(c3cc(C4CCNCC4)ncn3)CC2)c1. The monoisotopic (exact) mass is 369 g/mol. The van der Waals surface area contributed by atoms with Crippen molar-refractivity contribution in [1.29, 1.82) is 0 Å². The Kier molecular flexibility index (Phi) is 5.94. The molecule has 4 rings (SSSR count). The molecule has 3 heterocycles. The van der Waals surface area contributed by atoms with Crippen molar-refractivity contribution in [2.24, 2.45) is 0 Å². The first-order valence-corrected chi connectivity index (χ1v) is 10.0. The second kappa shape index (κ2) is 8.76. The topological polar surface area (TPSA) is 44.3 Å². The summed E-state index contributed by atoms with van der Waals surface area (Å²) in [6.45, 7) is 6.88. The Balaban J connectivity index is 1.39. The molecule has 0 bridgehead atoms. The summed E-state index contributed by atoms with van der Waals surface area (Å²) in [7, 11) is 0. The van der Waals surface area contributed by atoms with E-state index in [4.69, 9.17) is 0 Å². The number of hydrogen-bond donors (Lipinski definition) is 1. The van der Waals surface area contributed by atoms with E-state index in [1.807, 2.05) is 6.07 Å². The van der Waals surface area contributed by atoms with Crippen LogP contribution >= 0.6 is 0 Å². The Bertz CT molecular complexity index is 747. The van der Waals surface area contributed by atoms with Crippen molar-refractivity contribution in [2.45, 2.75) is 31.7 Å². The number of hydrogen-bond acceptors (Lipinski definition) is 5. The number of anilines is 1. The first-order chi connectivity index (χ1) is 13.3. The normalized spacial score (nSPS) is 19.8. The highest BCUT2D eigenvalue weighted by Crippen LogP contribution is 2.26. The molecule has 0 amide bonds. The van der Waals surface area contributed by atoms with Crippen molar-refractivity contribution in [3.05, 3.63) is 53.7 Å². The fraction of sp³-hybridized carbons (Fsp3) is 0.524. The Morgan fingerprint density at radius 3 is 2.78 bits per heavy atom. The Morgan fingerprint density at radius 1 is 1.04 bits per heavy atom. The number of piperidine rings is 1. The van der Waals surface area contributed by atoms with E-state index in [2.05, 4.69) is 31.2 Å². The third kappa shape index (κ3) is 4.82. The number of aromatic nitrogens is 2. The van der Waals surface area contributed by atoms with E-state index in [0.29, 0.717) is 5.92 Å². The van der Waals surface area contributed by atoms with Gasteiger partial charge in [0, 0.05) is 50.4 Å². The number of halogens is 1. The summed E-state index contributed by atoms with van der Waals surface area (Å²) in [5.41, 5.74) is 2.22. The van der Waals surface area contributed by atoms with E-state index < -0.39 is 0 Å². The van der Waals surface area contributed by atoms with Gasteiger partial charge in [-0.1, -0.05) is 12.1 Å². The summed E-state index contributed by atoms with van der Waals surface area (Å²) in [6.07, 6.45) is 5.11. The number of nitrogens with one attached hydrogen (secondary N) is 1. The molecule has 0 aliphatic carbocycles. The Hall–Kier alpha value is -2.05. The number of rotatable bonds is 4. The molecular formula is C21H28FN5. The van der Waals surface area contributed by atoms with Crippen LogP contribution < -0.4 is 10.2 Å². The van der Waals surface area contributed by atoms with E-state index in [1.165, 1.54) is 11.8 Å². The van der Waals surface area contributed by atoms with Crippen LogP contribution in [0.4, 0.5) is 10.2 Å². The van der Waals surface area contributed by atoms with Gasteiger partial charge in [0.05, 0.1) is 0 Å². The molecule has 6 heteroatoms. The zero-order chi connectivity index (χ0) is 18.5. The average Bonchev–Trinajstić information content (AvgIpc) is 2.94. The Labute approximate surface area is 160 Å². The van der Waals surface area contributed by atoms with Crippen LogP contribution in [0.5, 0.6) is 0 Å². The molecular weight excluding hydrogens is 341 g/mol.